The first kappa shape index (κ1) is 29.7. The van der Waals surface area contributed by atoms with Gasteiger partial charge in [-0.15, -0.1) is 0 Å². The Labute approximate surface area is 241 Å². The molecule has 216 valence electrons. The fraction of sp³-hybridized carbons (Fsp3) is 0.333. The van der Waals surface area contributed by atoms with Crippen LogP contribution in [-0.4, -0.2) is 54.5 Å². The molecule has 1 aliphatic heterocycles. The van der Waals surface area contributed by atoms with Crippen molar-refractivity contribution in [2.24, 2.45) is 0 Å². The summed E-state index contributed by atoms with van der Waals surface area (Å²) in [6, 6.07) is 18.7. The predicted molar refractivity (Wildman–Crippen MR) is 155 cm³/mol. The molecule has 41 heavy (non-hydrogen) atoms. The van der Waals surface area contributed by atoms with E-state index in [-0.39, 0.29) is 17.1 Å². The smallest absolute Gasteiger partial charge is 0.295 e. The quantitative estimate of drug-likeness (QED) is 0.201. The highest BCUT2D eigenvalue weighted by Gasteiger charge is 2.44. The number of Topliss-reactive ketones (excluding diaryl/α,β-unsaturated/α-hetero) is 1. The minimum Gasteiger partial charge on any atom is -0.872 e. The molecule has 0 spiro atoms. The highest BCUT2D eigenvalue weighted by atomic mass is 16.5. The summed E-state index contributed by atoms with van der Waals surface area (Å²) < 4.78 is 11.5. The normalized spacial score (nSPS) is 16.4. The largest absolute Gasteiger partial charge is 0.872 e. The number of likely N-dealkylation sites (N-methyl/N-ethyl adjacent to an activating group) is 1. The van der Waals surface area contributed by atoms with Crippen LogP contribution in [0.1, 0.15) is 49.1 Å². The molecule has 3 aromatic carbocycles. The molecule has 1 unspecified atom stereocenters. The second-order valence-corrected chi connectivity index (χ2v) is 10.1. The standard InChI is InChI=1S/C33H38N2O6/c1-5-34(6-2)17-18-35-30(24-13-16-27(36)28(20-24)40-7-3)29(32(38)33(35)39)31(37)26-15-14-25(19-22(26)4)41-21-23-11-9-8-10-12-23/h8-16,19-20,30,36-37H,5-7,17-18,21H2,1-4H3/b31-29+. The van der Waals surface area contributed by atoms with Gasteiger partial charge in [0.15, 0.2) is 11.5 Å². The van der Waals surface area contributed by atoms with Crippen molar-refractivity contribution < 1.29 is 34.2 Å². The second-order valence-electron chi connectivity index (χ2n) is 10.1. The average Bonchev–Trinajstić information content (AvgIpc) is 3.23. The number of ether oxygens (including phenoxy) is 2. The summed E-state index contributed by atoms with van der Waals surface area (Å²) in [5.41, 5.74) is 2.42. The molecule has 0 aromatic heterocycles. The predicted octanol–water partition coefficient (Wildman–Crippen LogP) is 2.83. The molecule has 4 rings (SSSR count). The number of carbonyl (C=O) groups excluding carboxylic acids is 2. The topological polar surface area (TPSA) is 104 Å². The average molecular weight is 559 g/mol. The summed E-state index contributed by atoms with van der Waals surface area (Å²) in [6.45, 7) is 11.1. The van der Waals surface area contributed by atoms with E-state index in [1.807, 2.05) is 30.3 Å². The van der Waals surface area contributed by atoms with Gasteiger partial charge in [-0.05, 0) is 74.2 Å². The van der Waals surface area contributed by atoms with E-state index in [4.69, 9.17) is 9.47 Å². The van der Waals surface area contributed by atoms with Crippen LogP contribution in [0.5, 0.6) is 17.2 Å². The Bertz CT molecular complexity index is 1410. The van der Waals surface area contributed by atoms with Gasteiger partial charge in [0.1, 0.15) is 12.4 Å². The van der Waals surface area contributed by atoms with E-state index in [1.165, 1.54) is 15.9 Å². The van der Waals surface area contributed by atoms with Gasteiger partial charge in [0.2, 0.25) is 5.78 Å². The van der Waals surface area contributed by atoms with Crippen molar-refractivity contribution in [3.8, 4) is 17.2 Å². The summed E-state index contributed by atoms with van der Waals surface area (Å²) >= 11 is 0. The van der Waals surface area contributed by atoms with Gasteiger partial charge in [-0.2, -0.15) is 0 Å². The van der Waals surface area contributed by atoms with E-state index in [0.717, 1.165) is 18.7 Å². The van der Waals surface area contributed by atoms with Gasteiger partial charge < -0.3 is 29.5 Å². The summed E-state index contributed by atoms with van der Waals surface area (Å²) in [6.07, 6.45) is 0. The number of phenols is 1. The number of ketones is 1. The Hall–Kier alpha value is -4.30. The van der Waals surface area contributed by atoms with E-state index in [2.05, 4.69) is 13.8 Å². The van der Waals surface area contributed by atoms with E-state index in [9.17, 15) is 19.8 Å². The zero-order valence-corrected chi connectivity index (χ0v) is 24.1. The third-order valence-corrected chi connectivity index (χ3v) is 7.53. The minimum atomic E-state index is -0.898. The lowest BCUT2D eigenvalue weighted by Gasteiger charge is -2.29. The lowest BCUT2D eigenvalue weighted by atomic mass is 9.93. The molecule has 1 amide bonds. The summed E-state index contributed by atoms with van der Waals surface area (Å²) in [4.78, 5) is 29.6. The van der Waals surface area contributed by atoms with E-state index >= 15 is 0 Å². The van der Waals surface area contributed by atoms with Gasteiger partial charge >= 0.3 is 0 Å². The Kier molecular flexibility index (Phi) is 9.68. The van der Waals surface area contributed by atoms with Crippen LogP contribution in [0.3, 0.4) is 0 Å². The van der Waals surface area contributed by atoms with Crippen molar-refractivity contribution in [3.63, 3.8) is 0 Å². The van der Waals surface area contributed by atoms with Gasteiger partial charge in [-0.1, -0.05) is 48.2 Å². The second kappa shape index (κ2) is 13.4. The molecular formula is C33H38N2O6. The van der Waals surface area contributed by atoms with E-state index < -0.39 is 23.5 Å². The Morgan fingerprint density at radius 3 is 2.37 bits per heavy atom. The molecule has 1 heterocycles. The molecule has 3 aromatic rings. The number of nitrogens with one attached hydrogen (secondary N) is 1. The molecule has 1 fully saturated rings. The molecule has 1 atom stereocenters. The number of hydrogen-bond donors (Lipinski definition) is 2. The number of amides is 1. The van der Waals surface area contributed by atoms with Gasteiger partial charge in [-0.25, -0.2) is 0 Å². The number of quaternary nitrogens is 1. The number of benzene rings is 3. The highest BCUT2D eigenvalue weighted by Crippen LogP contribution is 2.41. The van der Waals surface area contributed by atoms with Crippen LogP contribution >= 0.6 is 0 Å². The number of likely N-dealkylation sites (tertiary alicyclic amines) is 1. The van der Waals surface area contributed by atoms with Gasteiger partial charge in [0.05, 0.1) is 38.8 Å². The Morgan fingerprint density at radius 1 is 0.976 bits per heavy atom. The van der Waals surface area contributed by atoms with Crippen molar-refractivity contribution in [1.29, 1.82) is 0 Å². The number of hydrogen-bond acceptors (Lipinski definition) is 6. The number of aromatic hydroxyl groups is 1. The highest BCUT2D eigenvalue weighted by molar-refractivity contribution is 6.46. The van der Waals surface area contributed by atoms with E-state index in [1.54, 1.807) is 44.2 Å². The molecule has 0 aliphatic carbocycles. The molecular weight excluding hydrogens is 520 g/mol. The van der Waals surface area contributed by atoms with Gasteiger partial charge in [-0.3, -0.25) is 9.59 Å². The monoisotopic (exact) mass is 558 g/mol. The maximum atomic E-state index is 14.0. The van der Waals surface area contributed by atoms with Gasteiger partial charge in [0.25, 0.3) is 5.91 Å². The first-order valence-corrected chi connectivity index (χ1v) is 14.1. The third kappa shape index (κ3) is 6.55. The van der Waals surface area contributed by atoms with Crippen molar-refractivity contribution in [3.05, 3.63) is 94.6 Å². The molecule has 0 bridgehead atoms. The SMILES string of the molecule is CCOc1cc(C2/C(=C(\[O-])c3ccc(OCc4ccccc4)cc3C)C(=O)C(=O)N2CC[NH+](CC)CC)ccc1O. The van der Waals surface area contributed by atoms with Crippen LogP contribution in [-0.2, 0) is 16.2 Å². The third-order valence-electron chi connectivity index (χ3n) is 7.53. The molecule has 1 aliphatic rings. The number of carbonyl (C=O) groups is 2. The summed E-state index contributed by atoms with van der Waals surface area (Å²) in [5.74, 6) is -1.22. The molecule has 1 saturated heterocycles. The zero-order valence-electron chi connectivity index (χ0n) is 24.1. The van der Waals surface area contributed by atoms with Crippen LogP contribution in [0.2, 0.25) is 0 Å². The van der Waals surface area contributed by atoms with Crippen LogP contribution < -0.4 is 19.5 Å². The fourth-order valence-corrected chi connectivity index (χ4v) is 5.17. The van der Waals surface area contributed by atoms with Crippen molar-refractivity contribution in [2.75, 3.05) is 32.8 Å². The van der Waals surface area contributed by atoms with E-state index in [0.29, 0.717) is 48.7 Å². The van der Waals surface area contributed by atoms with Crippen LogP contribution in [0, 0.1) is 6.92 Å². The molecule has 8 nitrogen and oxygen atoms in total. The lowest BCUT2D eigenvalue weighted by molar-refractivity contribution is -0.895. The fourth-order valence-electron chi connectivity index (χ4n) is 5.17. The molecule has 0 radical (unpaired) electrons. The van der Waals surface area contributed by atoms with Crippen molar-refractivity contribution >= 4 is 17.4 Å². The number of nitrogens with zero attached hydrogens (tertiary/aromatic N) is 1. The Balaban J connectivity index is 1.73. The van der Waals surface area contributed by atoms with Gasteiger partial charge in [0, 0.05) is 5.57 Å². The summed E-state index contributed by atoms with van der Waals surface area (Å²) in [5, 5.41) is 24.3. The molecule has 2 N–H and O–H groups in total. The van der Waals surface area contributed by atoms with Crippen molar-refractivity contribution in [2.45, 2.75) is 40.3 Å². The number of phenolic OH excluding ortho intramolecular Hbond substituents is 1. The summed E-state index contributed by atoms with van der Waals surface area (Å²) in [7, 11) is 0. The molecule has 0 saturated carbocycles. The zero-order chi connectivity index (χ0) is 29.5. The number of aryl methyl sites for hydroxylation is 1. The first-order valence-electron chi connectivity index (χ1n) is 14.1. The lowest BCUT2D eigenvalue weighted by Crippen LogP contribution is -3.12. The Morgan fingerprint density at radius 2 is 1.71 bits per heavy atom. The minimum absolute atomic E-state index is 0.0554. The molecule has 8 heteroatoms. The van der Waals surface area contributed by atoms with Crippen LogP contribution in [0.4, 0.5) is 0 Å². The van der Waals surface area contributed by atoms with Crippen LogP contribution in [0.25, 0.3) is 5.76 Å². The first-order chi connectivity index (χ1) is 19.8. The maximum absolute atomic E-state index is 14.0. The van der Waals surface area contributed by atoms with Crippen molar-refractivity contribution in [1.82, 2.24) is 4.90 Å². The maximum Gasteiger partial charge on any atom is 0.295 e. The van der Waals surface area contributed by atoms with Crippen LogP contribution in [0.15, 0.2) is 72.3 Å². The number of rotatable bonds is 12.